The van der Waals surface area contributed by atoms with Gasteiger partial charge in [-0.3, -0.25) is 0 Å². The Bertz CT molecular complexity index is 614. The van der Waals surface area contributed by atoms with Crippen LogP contribution in [-0.4, -0.2) is 16.1 Å². The molecule has 0 aliphatic heterocycles. The van der Waals surface area contributed by atoms with Crippen LogP contribution in [0.1, 0.15) is 46.4 Å². The molecule has 98 valence electrons. The van der Waals surface area contributed by atoms with Crippen molar-refractivity contribution >= 4 is 29.5 Å². The summed E-state index contributed by atoms with van der Waals surface area (Å²) in [5.41, 5.74) is 2.24. The van der Waals surface area contributed by atoms with Gasteiger partial charge in [-0.1, -0.05) is 32.1 Å². The van der Waals surface area contributed by atoms with Gasteiger partial charge in [0.2, 0.25) is 0 Å². The van der Waals surface area contributed by atoms with Crippen molar-refractivity contribution in [2.24, 2.45) is 0 Å². The fraction of sp³-hybridized carbons (Fsp3) is 0.200. The van der Waals surface area contributed by atoms with Crippen molar-refractivity contribution in [2.45, 2.75) is 19.8 Å². The number of benzene rings is 1. The Morgan fingerprint density at radius 3 is 2.79 bits per heavy atom. The van der Waals surface area contributed by atoms with Crippen LogP contribution in [0.2, 0.25) is 0 Å². The second kappa shape index (κ2) is 5.80. The van der Waals surface area contributed by atoms with Crippen molar-refractivity contribution in [1.82, 2.24) is 4.98 Å². The summed E-state index contributed by atoms with van der Waals surface area (Å²) < 4.78 is 0. The molecule has 0 aliphatic carbocycles. The number of hydrogen-bond donors (Lipinski definition) is 1. The van der Waals surface area contributed by atoms with Crippen molar-refractivity contribution < 1.29 is 9.90 Å². The van der Waals surface area contributed by atoms with Gasteiger partial charge in [0.05, 0.1) is 11.3 Å². The van der Waals surface area contributed by atoms with Gasteiger partial charge in [-0.05, 0) is 29.7 Å². The van der Waals surface area contributed by atoms with E-state index in [0.29, 0.717) is 11.5 Å². The van der Waals surface area contributed by atoms with Gasteiger partial charge in [0.1, 0.15) is 5.01 Å². The zero-order chi connectivity index (χ0) is 13.8. The van der Waals surface area contributed by atoms with E-state index in [1.807, 2.05) is 18.2 Å². The van der Waals surface area contributed by atoms with Gasteiger partial charge in [-0.15, -0.1) is 11.3 Å². The normalized spacial score (nSPS) is 11.3. The van der Waals surface area contributed by atoms with E-state index in [9.17, 15) is 4.79 Å². The van der Waals surface area contributed by atoms with E-state index in [4.69, 9.17) is 5.11 Å². The van der Waals surface area contributed by atoms with E-state index in [0.717, 1.165) is 16.3 Å². The van der Waals surface area contributed by atoms with Crippen LogP contribution in [0.4, 0.5) is 0 Å². The standard InChI is InChI=1S/C15H15NO2S/c1-10(2)13-9-19-14(16-13)7-6-11-4-3-5-12(8-11)15(17)18/h3-10H,1-2H3,(H,17,18). The molecule has 0 saturated carbocycles. The van der Waals surface area contributed by atoms with Crippen molar-refractivity contribution in [3.63, 3.8) is 0 Å². The lowest BCUT2D eigenvalue weighted by molar-refractivity contribution is 0.0697. The summed E-state index contributed by atoms with van der Waals surface area (Å²) in [6, 6.07) is 6.85. The molecule has 4 heteroatoms. The van der Waals surface area contributed by atoms with Crippen LogP contribution in [0.25, 0.3) is 12.2 Å². The molecular weight excluding hydrogens is 258 g/mol. The highest BCUT2D eigenvalue weighted by Crippen LogP contribution is 2.19. The van der Waals surface area contributed by atoms with Crippen LogP contribution >= 0.6 is 11.3 Å². The predicted octanol–water partition coefficient (Wildman–Crippen LogP) is 4.14. The highest BCUT2D eigenvalue weighted by molar-refractivity contribution is 7.10. The molecule has 2 rings (SSSR count). The van der Waals surface area contributed by atoms with Gasteiger partial charge in [-0.25, -0.2) is 9.78 Å². The number of rotatable bonds is 4. The molecule has 0 fully saturated rings. The minimum Gasteiger partial charge on any atom is -0.478 e. The van der Waals surface area contributed by atoms with Crippen LogP contribution in [0.15, 0.2) is 29.6 Å². The first kappa shape index (κ1) is 13.5. The van der Waals surface area contributed by atoms with Crippen molar-refractivity contribution in [3.8, 4) is 0 Å². The van der Waals surface area contributed by atoms with Crippen molar-refractivity contribution in [2.75, 3.05) is 0 Å². The van der Waals surface area contributed by atoms with E-state index >= 15 is 0 Å². The maximum atomic E-state index is 10.9. The lowest BCUT2D eigenvalue weighted by atomic mass is 10.1. The van der Waals surface area contributed by atoms with Gasteiger partial charge in [0.15, 0.2) is 0 Å². The summed E-state index contributed by atoms with van der Waals surface area (Å²) in [6.45, 7) is 4.22. The van der Waals surface area contributed by atoms with Gasteiger partial charge < -0.3 is 5.11 Å². The Labute approximate surface area is 116 Å². The van der Waals surface area contributed by atoms with Crippen LogP contribution in [0, 0.1) is 0 Å². The highest BCUT2D eigenvalue weighted by Gasteiger charge is 2.04. The third-order valence-corrected chi connectivity index (χ3v) is 3.51. The van der Waals surface area contributed by atoms with Crippen LogP contribution in [-0.2, 0) is 0 Å². The summed E-state index contributed by atoms with van der Waals surface area (Å²) in [4.78, 5) is 15.4. The molecule has 0 unspecified atom stereocenters. The monoisotopic (exact) mass is 273 g/mol. The molecule has 0 saturated heterocycles. The molecule has 1 N–H and O–H groups in total. The average Bonchev–Trinajstić information content (AvgIpc) is 2.85. The number of carboxylic acids is 1. The number of hydrogen-bond acceptors (Lipinski definition) is 3. The average molecular weight is 273 g/mol. The Kier molecular flexibility index (Phi) is 4.12. The van der Waals surface area contributed by atoms with Crippen molar-refractivity contribution in [1.29, 1.82) is 0 Å². The highest BCUT2D eigenvalue weighted by atomic mass is 32.1. The van der Waals surface area contributed by atoms with E-state index in [1.165, 1.54) is 0 Å². The summed E-state index contributed by atoms with van der Waals surface area (Å²) in [5.74, 6) is -0.486. The number of aromatic nitrogens is 1. The maximum Gasteiger partial charge on any atom is 0.335 e. The molecule has 0 atom stereocenters. The molecule has 1 aromatic heterocycles. The number of thiazole rings is 1. The molecule has 0 radical (unpaired) electrons. The Morgan fingerprint density at radius 2 is 2.16 bits per heavy atom. The summed E-state index contributed by atoms with van der Waals surface area (Å²) in [6.07, 6.45) is 3.80. The molecule has 2 aromatic rings. The largest absolute Gasteiger partial charge is 0.478 e. The molecule has 0 bridgehead atoms. The minimum atomic E-state index is -0.911. The predicted molar refractivity (Wildman–Crippen MR) is 78.5 cm³/mol. The third kappa shape index (κ3) is 3.51. The molecule has 3 nitrogen and oxygen atoms in total. The molecule has 0 spiro atoms. The Hall–Kier alpha value is -1.94. The second-order valence-electron chi connectivity index (χ2n) is 4.53. The zero-order valence-corrected chi connectivity index (χ0v) is 11.6. The van der Waals surface area contributed by atoms with E-state index in [1.54, 1.807) is 29.5 Å². The number of carboxylic acid groups (broad SMARTS) is 1. The molecule has 0 aliphatic rings. The summed E-state index contributed by atoms with van der Waals surface area (Å²) in [5, 5.41) is 11.9. The van der Waals surface area contributed by atoms with Crippen LogP contribution < -0.4 is 0 Å². The van der Waals surface area contributed by atoms with Crippen LogP contribution in [0.5, 0.6) is 0 Å². The molecule has 0 amide bonds. The first-order chi connectivity index (χ1) is 9.06. The number of carbonyl (C=O) groups is 1. The summed E-state index contributed by atoms with van der Waals surface area (Å²) >= 11 is 1.59. The SMILES string of the molecule is CC(C)c1csc(C=Cc2cccc(C(=O)O)c2)n1. The van der Waals surface area contributed by atoms with E-state index < -0.39 is 5.97 Å². The van der Waals surface area contributed by atoms with Crippen molar-refractivity contribution in [3.05, 3.63) is 51.5 Å². The summed E-state index contributed by atoms with van der Waals surface area (Å²) in [7, 11) is 0. The van der Waals surface area contributed by atoms with Gasteiger partial charge in [0, 0.05) is 5.38 Å². The second-order valence-corrected chi connectivity index (χ2v) is 5.42. The molecule has 19 heavy (non-hydrogen) atoms. The molecular formula is C15H15NO2S. The maximum absolute atomic E-state index is 10.9. The minimum absolute atomic E-state index is 0.296. The lowest BCUT2D eigenvalue weighted by Crippen LogP contribution is -1.95. The van der Waals surface area contributed by atoms with Crippen LogP contribution in [0.3, 0.4) is 0 Å². The number of nitrogens with zero attached hydrogens (tertiary/aromatic N) is 1. The first-order valence-electron chi connectivity index (χ1n) is 6.03. The zero-order valence-electron chi connectivity index (χ0n) is 10.8. The van der Waals surface area contributed by atoms with Gasteiger partial charge in [0.25, 0.3) is 0 Å². The van der Waals surface area contributed by atoms with Gasteiger partial charge >= 0.3 is 5.97 Å². The molecule has 1 aromatic carbocycles. The van der Waals surface area contributed by atoms with E-state index in [-0.39, 0.29) is 0 Å². The molecule has 1 heterocycles. The topological polar surface area (TPSA) is 50.2 Å². The fourth-order valence-electron chi connectivity index (χ4n) is 1.59. The number of aromatic carboxylic acids is 1. The third-order valence-electron chi connectivity index (χ3n) is 2.68. The fourth-order valence-corrected chi connectivity index (χ4v) is 2.46. The van der Waals surface area contributed by atoms with E-state index in [2.05, 4.69) is 24.2 Å². The smallest absolute Gasteiger partial charge is 0.335 e. The first-order valence-corrected chi connectivity index (χ1v) is 6.91. The Morgan fingerprint density at radius 1 is 1.37 bits per heavy atom. The van der Waals surface area contributed by atoms with Gasteiger partial charge in [-0.2, -0.15) is 0 Å². The Balaban J connectivity index is 2.17. The quantitative estimate of drug-likeness (QED) is 0.911. The lowest BCUT2D eigenvalue weighted by Gasteiger charge is -1.97.